The van der Waals surface area contributed by atoms with Crippen LogP contribution in [0.2, 0.25) is 0 Å². The molecular formula is C15H14N6OS3. The predicted octanol–water partition coefficient (Wildman–Crippen LogP) is 3.56. The Morgan fingerprint density at radius 1 is 1.12 bits per heavy atom. The topological polar surface area (TPSA) is 95.7 Å². The minimum absolute atomic E-state index is 0.650. The van der Waals surface area contributed by atoms with E-state index in [1.54, 1.807) is 34.4 Å². The lowest BCUT2D eigenvalue weighted by Gasteiger charge is -2.01. The van der Waals surface area contributed by atoms with Gasteiger partial charge in [-0.25, -0.2) is 4.68 Å². The minimum atomic E-state index is 0.650. The lowest BCUT2D eigenvalue weighted by Crippen LogP contribution is -2.11. The molecule has 7 nitrogen and oxygen atoms in total. The normalized spacial score (nSPS) is 11.2. The van der Waals surface area contributed by atoms with Crippen LogP contribution in [0.25, 0.3) is 21.4 Å². The number of aryl methyl sites for hydroxylation is 1. The number of hydrogen-bond acceptors (Lipinski definition) is 9. The zero-order valence-electron chi connectivity index (χ0n) is 13.0. The van der Waals surface area contributed by atoms with Crippen molar-refractivity contribution in [2.75, 3.05) is 11.6 Å². The van der Waals surface area contributed by atoms with Gasteiger partial charge in [-0.05, 0) is 29.3 Å². The Hall–Kier alpha value is -2.17. The van der Waals surface area contributed by atoms with Crippen molar-refractivity contribution in [3.8, 4) is 21.4 Å². The zero-order chi connectivity index (χ0) is 17.1. The van der Waals surface area contributed by atoms with E-state index in [1.165, 1.54) is 4.68 Å². The van der Waals surface area contributed by atoms with Gasteiger partial charge in [0.1, 0.15) is 0 Å². The summed E-state index contributed by atoms with van der Waals surface area (Å²) in [7, 11) is 0. The average Bonchev–Trinajstić information content (AvgIpc) is 3.38. The van der Waals surface area contributed by atoms with Crippen molar-refractivity contribution in [3.63, 3.8) is 0 Å². The molecule has 0 bridgehead atoms. The Morgan fingerprint density at radius 2 is 1.92 bits per heavy atom. The van der Waals surface area contributed by atoms with E-state index in [0.29, 0.717) is 22.7 Å². The second kappa shape index (κ2) is 7.38. The Kier molecular flexibility index (Phi) is 4.81. The van der Waals surface area contributed by atoms with Crippen LogP contribution in [0.1, 0.15) is 12.3 Å². The molecule has 0 atom stereocenters. The van der Waals surface area contributed by atoms with Crippen LogP contribution < -0.4 is 5.84 Å². The molecule has 0 spiro atoms. The first-order valence-electron chi connectivity index (χ1n) is 7.55. The highest BCUT2D eigenvalue weighted by Gasteiger charge is 2.13. The van der Waals surface area contributed by atoms with Gasteiger partial charge in [0.2, 0.25) is 16.9 Å². The molecule has 0 aliphatic carbocycles. The maximum atomic E-state index is 6.08. The summed E-state index contributed by atoms with van der Waals surface area (Å²) in [5.41, 5.74) is 0. The summed E-state index contributed by atoms with van der Waals surface area (Å²) in [6.45, 7) is 0. The number of aromatic nitrogens is 5. The molecule has 0 fully saturated rings. The summed E-state index contributed by atoms with van der Waals surface area (Å²) in [6, 6.07) is 7.90. The third kappa shape index (κ3) is 3.60. The van der Waals surface area contributed by atoms with Crippen molar-refractivity contribution < 1.29 is 4.52 Å². The number of nitrogens with zero attached hydrogens (tertiary/aromatic N) is 5. The first-order valence-corrected chi connectivity index (χ1v) is 10.3. The Balaban J connectivity index is 1.30. The van der Waals surface area contributed by atoms with Crippen LogP contribution in [-0.4, -0.2) is 30.8 Å². The van der Waals surface area contributed by atoms with Gasteiger partial charge in [-0.1, -0.05) is 29.1 Å². The lowest BCUT2D eigenvalue weighted by atomic mass is 10.3. The Labute approximate surface area is 155 Å². The fraction of sp³-hybridized carbons (Fsp3) is 0.200. The molecule has 0 saturated carbocycles. The van der Waals surface area contributed by atoms with E-state index in [1.807, 2.05) is 35.0 Å². The van der Waals surface area contributed by atoms with Crippen LogP contribution in [0, 0.1) is 0 Å². The molecule has 0 amide bonds. The summed E-state index contributed by atoms with van der Waals surface area (Å²) in [6.07, 6.45) is 1.61. The summed E-state index contributed by atoms with van der Waals surface area (Å²) in [5, 5.41) is 17.0. The molecule has 0 aliphatic rings. The molecule has 0 unspecified atom stereocenters. The van der Waals surface area contributed by atoms with Gasteiger partial charge in [0, 0.05) is 12.2 Å². The zero-order valence-corrected chi connectivity index (χ0v) is 15.5. The van der Waals surface area contributed by atoms with Gasteiger partial charge in [-0.2, -0.15) is 4.98 Å². The van der Waals surface area contributed by atoms with E-state index in [2.05, 4.69) is 20.3 Å². The van der Waals surface area contributed by atoms with Crippen LogP contribution in [0.5, 0.6) is 0 Å². The summed E-state index contributed by atoms with van der Waals surface area (Å²) in [5.74, 6) is 8.92. The molecular weight excluding hydrogens is 376 g/mol. The van der Waals surface area contributed by atoms with E-state index in [-0.39, 0.29) is 0 Å². The third-order valence-corrected chi connectivity index (χ3v) is 6.14. The molecule has 4 aromatic rings. The molecule has 2 N–H and O–H groups in total. The molecule has 4 aromatic heterocycles. The van der Waals surface area contributed by atoms with Gasteiger partial charge in [0.15, 0.2) is 5.82 Å². The average molecular weight is 391 g/mol. The van der Waals surface area contributed by atoms with E-state index in [4.69, 9.17) is 10.4 Å². The number of rotatable bonds is 7. The van der Waals surface area contributed by atoms with Gasteiger partial charge in [0.05, 0.1) is 9.75 Å². The number of nitrogens with two attached hydrogens (primary N) is 1. The van der Waals surface area contributed by atoms with Crippen molar-refractivity contribution in [2.45, 2.75) is 18.0 Å². The molecule has 4 heterocycles. The summed E-state index contributed by atoms with van der Waals surface area (Å²) >= 11 is 4.76. The largest absolute Gasteiger partial charge is 0.339 e. The van der Waals surface area contributed by atoms with Crippen molar-refractivity contribution in [1.82, 2.24) is 25.0 Å². The number of nitrogen functional groups attached to an aromatic ring is 1. The number of thioether (sulfide) groups is 1. The fourth-order valence-corrected chi connectivity index (χ4v) is 4.35. The van der Waals surface area contributed by atoms with Crippen molar-refractivity contribution >= 4 is 34.4 Å². The summed E-state index contributed by atoms with van der Waals surface area (Å²) < 4.78 is 6.84. The fourth-order valence-electron chi connectivity index (χ4n) is 2.20. The molecule has 4 rings (SSSR count). The van der Waals surface area contributed by atoms with Crippen LogP contribution in [0.4, 0.5) is 0 Å². The van der Waals surface area contributed by atoms with Crippen molar-refractivity contribution in [1.29, 1.82) is 0 Å². The lowest BCUT2D eigenvalue weighted by molar-refractivity contribution is 0.378. The van der Waals surface area contributed by atoms with Gasteiger partial charge in [-0.3, -0.25) is 0 Å². The highest BCUT2D eigenvalue weighted by Crippen LogP contribution is 2.26. The smallest absolute Gasteiger partial charge is 0.227 e. The second-order valence-corrected chi connectivity index (χ2v) is 8.05. The standard InChI is InChI=1S/C15H14N6OS3/c16-21-14(11-5-2-8-24-11)18-19-15(21)25-9-3-6-12-17-13(20-22-12)10-4-1-7-23-10/h1-2,4-5,7-8H,3,6,9,16H2. The second-order valence-electron chi connectivity index (χ2n) is 5.09. The van der Waals surface area contributed by atoms with Gasteiger partial charge < -0.3 is 10.4 Å². The minimum Gasteiger partial charge on any atom is -0.339 e. The Morgan fingerprint density at radius 3 is 2.68 bits per heavy atom. The first kappa shape index (κ1) is 16.3. The molecule has 0 aliphatic heterocycles. The van der Waals surface area contributed by atoms with Crippen LogP contribution >= 0.6 is 34.4 Å². The Bertz CT molecular complexity index is 929. The highest BCUT2D eigenvalue weighted by atomic mass is 32.2. The maximum absolute atomic E-state index is 6.08. The maximum Gasteiger partial charge on any atom is 0.227 e. The predicted molar refractivity (Wildman–Crippen MR) is 100 cm³/mol. The number of hydrogen-bond donors (Lipinski definition) is 1. The summed E-state index contributed by atoms with van der Waals surface area (Å²) in [4.78, 5) is 6.44. The quantitative estimate of drug-likeness (QED) is 0.293. The van der Waals surface area contributed by atoms with Gasteiger partial charge >= 0.3 is 0 Å². The highest BCUT2D eigenvalue weighted by molar-refractivity contribution is 7.99. The molecule has 0 saturated heterocycles. The monoisotopic (exact) mass is 390 g/mol. The van der Waals surface area contributed by atoms with E-state index < -0.39 is 0 Å². The van der Waals surface area contributed by atoms with Crippen molar-refractivity contribution in [3.05, 3.63) is 40.9 Å². The van der Waals surface area contributed by atoms with Crippen LogP contribution in [0.15, 0.2) is 44.7 Å². The van der Waals surface area contributed by atoms with E-state index >= 15 is 0 Å². The van der Waals surface area contributed by atoms with Crippen molar-refractivity contribution in [2.24, 2.45) is 0 Å². The number of thiophene rings is 2. The van der Waals surface area contributed by atoms with E-state index in [9.17, 15) is 0 Å². The molecule has 0 aromatic carbocycles. The van der Waals surface area contributed by atoms with Crippen LogP contribution in [0.3, 0.4) is 0 Å². The van der Waals surface area contributed by atoms with E-state index in [0.717, 1.165) is 28.3 Å². The third-order valence-electron chi connectivity index (χ3n) is 3.38. The van der Waals surface area contributed by atoms with Crippen LogP contribution in [-0.2, 0) is 6.42 Å². The molecule has 128 valence electrons. The van der Waals surface area contributed by atoms with Gasteiger partial charge in [0.25, 0.3) is 0 Å². The SMILES string of the molecule is Nn1c(SCCCc2nc(-c3cccs3)no2)nnc1-c1cccs1. The van der Waals surface area contributed by atoms with Gasteiger partial charge in [-0.15, -0.1) is 32.9 Å². The molecule has 10 heteroatoms. The first-order chi connectivity index (χ1) is 12.3. The molecule has 25 heavy (non-hydrogen) atoms. The molecule has 0 radical (unpaired) electrons.